The Balaban J connectivity index is 1.80. The molecule has 2 atom stereocenters. The maximum atomic E-state index is 11.6. The van der Waals surface area contributed by atoms with Gasteiger partial charge in [0.2, 0.25) is 0 Å². The van der Waals surface area contributed by atoms with Crippen LogP contribution in [0.25, 0.3) is 0 Å². The van der Waals surface area contributed by atoms with Crippen LogP contribution < -0.4 is 5.32 Å². The maximum Gasteiger partial charge on any atom is 0.286 e. The molecule has 88 valence electrons. The van der Waals surface area contributed by atoms with Gasteiger partial charge < -0.3 is 9.73 Å². The number of hydrogen-bond acceptors (Lipinski definition) is 2. The number of hydrogen-bond donors (Lipinski definition) is 1. The molecule has 1 N–H and O–H groups in total. The Morgan fingerprint density at radius 1 is 1.50 bits per heavy atom. The minimum Gasteiger partial charge on any atom is -0.459 e. The Morgan fingerprint density at radius 2 is 2.31 bits per heavy atom. The van der Waals surface area contributed by atoms with Crippen molar-refractivity contribution >= 4 is 17.5 Å². The van der Waals surface area contributed by atoms with Gasteiger partial charge in [-0.15, -0.1) is 11.6 Å². The molecule has 0 bridgehead atoms. The summed E-state index contributed by atoms with van der Waals surface area (Å²) in [5.41, 5.74) is 0. The van der Waals surface area contributed by atoms with E-state index in [1.165, 1.54) is 19.1 Å². The Hall–Kier alpha value is -0.960. The van der Waals surface area contributed by atoms with Crippen molar-refractivity contribution in [3.63, 3.8) is 0 Å². The number of amides is 1. The number of rotatable bonds is 3. The highest BCUT2D eigenvalue weighted by Crippen LogP contribution is 2.27. The van der Waals surface area contributed by atoms with Crippen LogP contribution in [0.1, 0.15) is 36.2 Å². The molecular weight excluding hydrogens is 226 g/mol. The van der Waals surface area contributed by atoms with Crippen molar-refractivity contribution in [3.8, 4) is 0 Å². The maximum absolute atomic E-state index is 11.6. The van der Waals surface area contributed by atoms with Gasteiger partial charge in [0.25, 0.3) is 5.91 Å². The largest absolute Gasteiger partial charge is 0.459 e. The lowest BCUT2D eigenvalue weighted by molar-refractivity contribution is 0.0916. The monoisotopic (exact) mass is 241 g/mol. The summed E-state index contributed by atoms with van der Waals surface area (Å²) in [5.74, 6) is 0.607. The lowest BCUT2D eigenvalue weighted by Gasteiger charge is -2.26. The van der Waals surface area contributed by atoms with Crippen LogP contribution in [0.4, 0.5) is 0 Å². The van der Waals surface area contributed by atoms with Gasteiger partial charge in [-0.25, -0.2) is 0 Å². The zero-order valence-electron chi connectivity index (χ0n) is 9.12. The molecule has 3 nitrogen and oxygen atoms in total. The zero-order valence-corrected chi connectivity index (χ0v) is 9.87. The standard InChI is InChI=1S/C12H16ClNO2/c13-10-5-2-1-4-9(10)8-14-12(15)11-6-3-7-16-11/h3,6-7,9-10H,1-2,4-5,8H2,(H,14,15). The van der Waals surface area contributed by atoms with Crippen LogP contribution in [0.5, 0.6) is 0 Å². The number of nitrogens with one attached hydrogen (secondary N) is 1. The van der Waals surface area contributed by atoms with Gasteiger partial charge in [0.15, 0.2) is 5.76 Å². The van der Waals surface area contributed by atoms with Gasteiger partial charge in [-0.05, 0) is 30.9 Å². The number of furan rings is 1. The van der Waals surface area contributed by atoms with Gasteiger partial charge >= 0.3 is 0 Å². The first kappa shape index (κ1) is 11.5. The van der Waals surface area contributed by atoms with Crippen LogP contribution in [-0.4, -0.2) is 17.8 Å². The lowest BCUT2D eigenvalue weighted by atomic mass is 9.89. The molecule has 1 amide bonds. The highest BCUT2D eigenvalue weighted by molar-refractivity contribution is 6.20. The third-order valence-electron chi connectivity index (χ3n) is 3.09. The second-order valence-electron chi connectivity index (χ2n) is 4.25. The van der Waals surface area contributed by atoms with Crippen molar-refractivity contribution < 1.29 is 9.21 Å². The summed E-state index contributed by atoms with van der Waals surface area (Å²) in [4.78, 5) is 11.6. The van der Waals surface area contributed by atoms with Crippen LogP contribution in [0.2, 0.25) is 0 Å². The summed E-state index contributed by atoms with van der Waals surface area (Å²) in [7, 11) is 0. The molecule has 0 spiro atoms. The van der Waals surface area contributed by atoms with Gasteiger partial charge in [-0.1, -0.05) is 12.8 Å². The van der Waals surface area contributed by atoms with Crippen molar-refractivity contribution in [1.29, 1.82) is 0 Å². The highest BCUT2D eigenvalue weighted by atomic mass is 35.5. The highest BCUT2D eigenvalue weighted by Gasteiger charge is 2.23. The fraction of sp³-hybridized carbons (Fsp3) is 0.583. The first-order valence-electron chi connectivity index (χ1n) is 5.73. The number of alkyl halides is 1. The van der Waals surface area contributed by atoms with Crippen molar-refractivity contribution in [2.24, 2.45) is 5.92 Å². The SMILES string of the molecule is O=C(NCC1CCCCC1Cl)c1ccco1. The summed E-state index contributed by atoms with van der Waals surface area (Å²) >= 11 is 6.22. The molecule has 2 rings (SSSR count). The van der Waals surface area contributed by atoms with Crippen LogP contribution in [-0.2, 0) is 0 Å². The second-order valence-corrected chi connectivity index (χ2v) is 4.81. The molecule has 1 aliphatic carbocycles. The average molecular weight is 242 g/mol. The van der Waals surface area contributed by atoms with Gasteiger partial charge in [-0.2, -0.15) is 0 Å². The number of carbonyl (C=O) groups excluding carboxylic acids is 1. The van der Waals surface area contributed by atoms with Crippen LogP contribution in [0.15, 0.2) is 22.8 Å². The molecule has 0 saturated heterocycles. The van der Waals surface area contributed by atoms with E-state index in [1.807, 2.05) is 0 Å². The predicted molar refractivity (Wildman–Crippen MR) is 62.6 cm³/mol. The molecule has 2 unspecified atom stereocenters. The fourth-order valence-corrected chi connectivity index (χ4v) is 2.48. The molecule has 1 aromatic rings. The Bertz CT molecular complexity index is 337. The normalized spacial score (nSPS) is 25.3. The summed E-state index contributed by atoms with van der Waals surface area (Å²) in [6, 6.07) is 3.37. The summed E-state index contributed by atoms with van der Waals surface area (Å²) in [6.45, 7) is 0.647. The smallest absolute Gasteiger partial charge is 0.286 e. The minimum atomic E-state index is -0.153. The molecule has 1 fully saturated rings. The Kier molecular flexibility index (Phi) is 3.88. The van der Waals surface area contributed by atoms with E-state index in [1.54, 1.807) is 12.1 Å². The molecule has 0 aromatic carbocycles. The number of carbonyl (C=O) groups is 1. The van der Waals surface area contributed by atoms with E-state index in [9.17, 15) is 4.79 Å². The van der Waals surface area contributed by atoms with E-state index < -0.39 is 0 Å². The van der Waals surface area contributed by atoms with E-state index in [2.05, 4.69) is 5.32 Å². The topological polar surface area (TPSA) is 42.2 Å². The second kappa shape index (κ2) is 5.39. The lowest BCUT2D eigenvalue weighted by Crippen LogP contribution is -2.34. The molecule has 16 heavy (non-hydrogen) atoms. The van der Waals surface area contributed by atoms with Crippen LogP contribution in [0.3, 0.4) is 0 Å². The van der Waals surface area contributed by atoms with E-state index in [4.69, 9.17) is 16.0 Å². The van der Waals surface area contributed by atoms with Gasteiger partial charge in [0.1, 0.15) is 0 Å². The molecule has 1 heterocycles. The summed E-state index contributed by atoms with van der Waals surface area (Å²) in [6.07, 6.45) is 6.08. The van der Waals surface area contributed by atoms with Crippen LogP contribution >= 0.6 is 11.6 Å². The van der Waals surface area contributed by atoms with Gasteiger partial charge in [0.05, 0.1) is 6.26 Å². The minimum absolute atomic E-state index is 0.153. The molecule has 0 aliphatic heterocycles. The Morgan fingerprint density at radius 3 is 3.00 bits per heavy atom. The summed E-state index contributed by atoms with van der Waals surface area (Å²) in [5, 5.41) is 3.07. The zero-order chi connectivity index (χ0) is 11.4. The van der Waals surface area contributed by atoms with E-state index >= 15 is 0 Å². The quantitative estimate of drug-likeness (QED) is 0.827. The molecular formula is C12H16ClNO2. The van der Waals surface area contributed by atoms with E-state index in [-0.39, 0.29) is 11.3 Å². The first-order valence-corrected chi connectivity index (χ1v) is 6.17. The van der Waals surface area contributed by atoms with Gasteiger partial charge in [0, 0.05) is 11.9 Å². The van der Waals surface area contributed by atoms with Crippen molar-refractivity contribution in [2.75, 3.05) is 6.54 Å². The molecule has 1 aliphatic rings. The van der Waals surface area contributed by atoms with Crippen molar-refractivity contribution in [2.45, 2.75) is 31.1 Å². The van der Waals surface area contributed by atoms with E-state index in [0.717, 1.165) is 12.8 Å². The predicted octanol–water partition coefficient (Wildman–Crippen LogP) is 2.81. The third kappa shape index (κ3) is 2.79. The van der Waals surface area contributed by atoms with Crippen molar-refractivity contribution in [3.05, 3.63) is 24.2 Å². The van der Waals surface area contributed by atoms with Crippen LogP contribution in [0, 0.1) is 5.92 Å². The Labute approximate surface area is 100 Å². The first-order chi connectivity index (χ1) is 7.77. The van der Waals surface area contributed by atoms with E-state index in [0.29, 0.717) is 18.2 Å². The third-order valence-corrected chi connectivity index (χ3v) is 3.66. The van der Waals surface area contributed by atoms with Crippen molar-refractivity contribution in [1.82, 2.24) is 5.32 Å². The number of halogens is 1. The average Bonchev–Trinajstić information content (AvgIpc) is 2.81. The molecule has 4 heteroatoms. The summed E-state index contributed by atoms with van der Waals surface area (Å²) < 4.78 is 5.02. The molecule has 0 radical (unpaired) electrons. The fourth-order valence-electron chi connectivity index (χ4n) is 2.11. The molecule has 1 aromatic heterocycles. The van der Waals surface area contributed by atoms with Gasteiger partial charge in [-0.3, -0.25) is 4.79 Å². The molecule has 1 saturated carbocycles.